The average Bonchev–Trinajstić information content (AvgIpc) is 2.16. The van der Waals surface area contributed by atoms with Gasteiger partial charge in [-0.3, -0.25) is 0 Å². The molecule has 0 aliphatic carbocycles. The molecule has 0 aromatic heterocycles. The number of hydrogen-bond donors (Lipinski definition) is 1. The minimum absolute atomic E-state index is 0.216. The van der Waals surface area contributed by atoms with E-state index in [1.54, 1.807) is 24.3 Å². The summed E-state index contributed by atoms with van der Waals surface area (Å²) < 4.78 is 4.39. The van der Waals surface area contributed by atoms with Crippen LogP contribution in [0.3, 0.4) is 0 Å². The Bertz CT molecular complexity index is 325. The molecule has 76 valence electrons. The Labute approximate surface area is 87.3 Å². The third-order valence-electron chi connectivity index (χ3n) is 1.79. The Hall–Kier alpha value is -1.06. The first-order valence-electron chi connectivity index (χ1n) is 4.14. The highest BCUT2D eigenvalue weighted by Gasteiger charge is 2.15. The van der Waals surface area contributed by atoms with Crippen LogP contribution < -0.4 is 0 Å². The quantitative estimate of drug-likeness (QED) is 0.775. The monoisotopic (exact) mass is 214 g/mol. The molecule has 1 aromatic rings. The van der Waals surface area contributed by atoms with Gasteiger partial charge < -0.3 is 9.84 Å². The number of rotatable bonds is 3. The molecule has 1 aromatic carbocycles. The molecule has 0 amide bonds. The predicted molar refractivity (Wildman–Crippen MR) is 53.2 cm³/mol. The van der Waals surface area contributed by atoms with Crippen LogP contribution in [0.5, 0.6) is 0 Å². The van der Waals surface area contributed by atoms with Crippen molar-refractivity contribution in [2.45, 2.75) is 12.5 Å². The van der Waals surface area contributed by atoms with Gasteiger partial charge in [-0.1, -0.05) is 23.7 Å². The standard InChI is InChI=1S/C10H11ClO3/c1-14-10(13)9(12)6-7-3-2-4-8(11)5-7/h2-5,9,12H,6H2,1H3. The molecule has 0 fully saturated rings. The average molecular weight is 215 g/mol. The van der Waals surface area contributed by atoms with Crippen molar-refractivity contribution in [3.05, 3.63) is 34.9 Å². The highest BCUT2D eigenvalue weighted by Crippen LogP contribution is 2.12. The molecule has 0 heterocycles. The zero-order valence-electron chi connectivity index (χ0n) is 7.74. The van der Waals surface area contributed by atoms with Gasteiger partial charge in [0.1, 0.15) is 0 Å². The molecule has 0 bridgehead atoms. The number of aliphatic hydroxyl groups excluding tert-OH is 1. The molecular formula is C10H11ClO3. The van der Waals surface area contributed by atoms with Gasteiger partial charge in [0.05, 0.1) is 7.11 Å². The van der Waals surface area contributed by atoms with Crippen molar-refractivity contribution in [1.29, 1.82) is 0 Å². The lowest BCUT2D eigenvalue weighted by Crippen LogP contribution is -2.24. The number of halogens is 1. The summed E-state index contributed by atoms with van der Waals surface area (Å²) in [6.07, 6.45) is -0.911. The van der Waals surface area contributed by atoms with Gasteiger partial charge >= 0.3 is 5.97 Å². The van der Waals surface area contributed by atoms with Gasteiger partial charge in [0.25, 0.3) is 0 Å². The van der Waals surface area contributed by atoms with Crippen LogP contribution in [0.15, 0.2) is 24.3 Å². The Morgan fingerprint density at radius 3 is 2.93 bits per heavy atom. The second-order valence-electron chi connectivity index (χ2n) is 2.87. The SMILES string of the molecule is COC(=O)C(O)Cc1cccc(Cl)c1. The zero-order chi connectivity index (χ0) is 10.6. The number of methoxy groups -OCH3 is 1. The number of esters is 1. The van der Waals surface area contributed by atoms with Crippen molar-refractivity contribution < 1.29 is 14.6 Å². The summed E-state index contributed by atoms with van der Waals surface area (Å²) in [5.74, 6) is -0.634. The van der Waals surface area contributed by atoms with Gasteiger partial charge in [-0.2, -0.15) is 0 Å². The van der Waals surface area contributed by atoms with E-state index in [1.807, 2.05) is 0 Å². The fourth-order valence-corrected chi connectivity index (χ4v) is 1.32. The van der Waals surface area contributed by atoms with Crippen LogP contribution in [0.4, 0.5) is 0 Å². The van der Waals surface area contributed by atoms with E-state index in [4.69, 9.17) is 11.6 Å². The predicted octanol–water partition coefficient (Wildman–Crippen LogP) is 1.42. The van der Waals surface area contributed by atoms with Crippen LogP contribution in [0.1, 0.15) is 5.56 Å². The summed E-state index contributed by atoms with van der Waals surface area (Å²) in [7, 11) is 1.24. The molecule has 1 N–H and O–H groups in total. The van der Waals surface area contributed by atoms with Crippen molar-refractivity contribution >= 4 is 17.6 Å². The third-order valence-corrected chi connectivity index (χ3v) is 2.03. The third kappa shape index (κ3) is 3.01. The van der Waals surface area contributed by atoms with Crippen LogP contribution >= 0.6 is 11.6 Å². The van der Waals surface area contributed by atoms with Crippen LogP contribution in [0.25, 0.3) is 0 Å². The van der Waals surface area contributed by atoms with Crippen LogP contribution in [0, 0.1) is 0 Å². The molecule has 0 radical (unpaired) electrons. The zero-order valence-corrected chi connectivity index (χ0v) is 8.49. The molecule has 3 nitrogen and oxygen atoms in total. The summed E-state index contributed by atoms with van der Waals surface area (Å²) in [5, 5.41) is 9.93. The van der Waals surface area contributed by atoms with E-state index in [0.29, 0.717) is 5.02 Å². The number of hydrogen-bond acceptors (Lipinski definition) is 3. The fraction of sp³-hybridized carbons (Fsp3) is 0.300. The van der Waals surface area contributed by atoms with Gasteiger partial charge in [0.2, 0.25) is 0 Å². The minimum Gasteiger partial charge on any atom is -0.467 e. The Morgan fingerprint density at radius 2 is 2.36 bits per heavy atom. The van der Waals surface area contributed by atoms with Crippen LogP contribution in [0.2, 0.25) is 5.02 Å². The topological polar surface area (TPSA) is 46.5 Å². The number of carbonyl (C=O) groups is 1. The van der Waals surface area contributed by atoms with Crippen molar-refractivity contribution in [1.82, 2.24) is 0 Å². The van der Waals surface area contributed by atoms with E-state index >= 15 is 0 Å². The Morgan fingerprint density at radius 1 is 1.64 bits per heavy atom. The van der Waals surface area contributed by atoms with E-state index in [1.165, 1.54) is 7.11 Å². The lowest BCUT2D eigenvalue weighted by Gasteiger charge is -2.07. The number of aliphatic hydroxyl groups is 1. The van der Waals surface area contributed by atoms with Gasteiger partial charge in [-0.05, 0) is 17.7 Å². The maximum absolute atomic E-state index is 10.9. The first kappa shape index (κ1) is 11.0. The second-order valence-corrected chi connectivity index (χ2v) is 3.31. The summed E-state index contributed by atoms with van der Waals surface area (Å²) >= 11 is 5.74. The minimum atomic E-state index is -1.13. The molecule has 14 heavy (non-hydrogen) atoms. The first-order valence-corrected chi connectivity index (χ1v) is 4.51. The molecule has 4 heteroatoms. The largest absolute Gasteiger partial charge is 0.467 e. The van der Waals surface area contributed by atoms with Gasteiger partial charge in [0, 0.05) is 11.4 Å². The summed E-state index contributed by atoms with van der Waals surface area (Å²) in [6, 6.07) is 6.99. The Balaban J connectivity index is 2.64. The molecule has 1 rings (SSSR count). The maximum atomic E-state index is 10.9. The molecule has 0 aliphatic rings. The van der Waals surface area contributed by atoms with Gasteiger partial charge in [-0.15, -0.1) is 0 Å². The molecule has 0 saturated heterocycles. The van der Waals surface area contributed by atoms with Crippen molar-refractivity contribution in [2.75, 3.05) is 7.11 Å². The van der Waals surface area contributed by atoms with Gasteiger partial charge in [-0.25, -0.2) is 4.79 Å². The van der Waals surface area contributed by atoms with E-state index in [2.05, 4.69) is 4.74 Å². The number of benzene rings is 1. The van der Waals surface area contributed by atoms with Crippen molar-refractivity contribution in [3.63, 3.8) is 0 Å². The highest BCUT2D eigenvalue weighted by atomic mass is 35.5. The van der Waals surface area contributed by atoms with E-state index < -0.39 is 12.1 Å². The first-order chi connectivity index (χ1) is 6.63. The molecule has 0 aliphatic heterocycles. The molecule has 1 atom stereocenters. The van der Waals surface area contributed by atoms with E-state index in [0.717, 1.165) is 5.56 Å². The van der Waals surface area contributed by atoms with E-state index in [-0.39, 0.29) is 6.42 Å². The maximum Gasteiger partial charge on any atom is 0.335 e. The lowest BCUT2D eigenvalue weighted by molar-refractivity contribution is -0.150. The van der Waals surface area contributed by atoms with Gasteiger partial charge in [0.15, 0.2) is 6.10 Å². The normalized spacial score (nSPS) is 12.2. The van der Waals surface area contributed by atoms with E-state index in [9.17, 15) is 9.90 Å². The number of carbonyl (C=O) groups excluding carboxylic acids is 1. The fourth-order valence-electron chi connectivity index (χ4n) is 1.11. The van der Waals surface area contributed by atoms with Crippen LogP contribution in [-0.2, 0) is 16.0 Å². The van der Waals surface area contributed by atoms with Crippen molar-refractivity contribution in [2.24, 2.45) is 0 Å². The second kappa shape index (κ2) is 4.98. The summed E-state index contributed by atoms with van der Waals surface area (Å²) in [4.78, 5) is 10.9. The number of ether oxygens (including phenoxy) is 1. The highest BCUT2D eigenvalue weighted by molar-refractivity contribution is 6.30. The Kier molecular flexibility index (Phi) is 3.92. The van der Waals surface area contributed by atoms with Crippen molar-refractivity contribution in [3.8, 4) is 0 Å². The molecule has 1 unspecified atom stereocenters. The van der Waals surface area contributed by atoms with Crippen LogP contribution in [-0.4, -0.2) is 24.3 Å². The molecule has 0 saturated carbocycles. The lowest BCUT2D eigenvalue weighted by atomic mass is 10.1. The summed E-state index contributed by atoms with van der Waals surface area (Å²) in [5.41, 5.74) is 0.801. The molecular weight excluding hydrogens is 204 g/mol. The smallest absolute Gasteiger partial charge is 0.335 e. The summed E-state index contributed by atoms with van der Waals surface area (Å²) in [6.45, 7) is 0. The molecule has 0 spiro atoms.